The lowest BCUT2D eigenvalue weighted by Crippen LogP contribution is -2.37. The van der Waals surface area contributed by atoms with Gasteiger partial charge >= 0.3 is 0 Å². The van der Waals surface area contributed by atoms with E-state index < -0.39 is 0 Å². The molecule has 1 rings (SSSR count). The second kappa shape index (κ2) is 11.2. The van der Waals surface area contributed by atoms with Gasteiger partial charge in [-0.3, -0.25) is 4.99 Å². The van der Waals surface area contributed by atoms with Gasteiger partial charge in [-0.2, -0.15) is 0 Å². The molecule has 21 heavy (non-hydrogen) atoms. The summed E-state index contributed by atoms with van der Waals surface area (Å²) in [5, 5.41) is 9.90. The quantitative estimate of drug-likeness (QED) is 0.301. The highest BCUT2D eigenvalue weighted by Crippen LogP contribution is 2.17. The fraction of sp³-hybridized carbons (Fsp3) is 0.733. The minimum Gasteiger partial charge on any atom is -0.356 e. The second-order valence-corrected chi connectivity index (χ2v) is 6.65. The molecule has 0 bridgehead atoms. The van der Waals surface area contributed by atoms with Gasteiger partial charge in [0.25, 0.3) is 0 Å². The number of hydrogen-bond acceptors (Lipinski definition) is 3. The first-order valence-electron chi connectivity index (χ1n) is 7.41. The molecular formula is C15H29IN4S. The summed E-state index contributed by atoms with van der Waals surface area (Å²) in [5.74, 6) is 2.11. The Hall–Kier alpha value is -0.370. The topological polar surface area (TPSA) is 49.3 Å². The van der Waals surface area contributed by atoms with Crippen LogP contribution >= 0.6 is 35.3 Å². The molecule has 0 aliphatic heterocycles. The zero-order valence-electron chi connectivity index (χ0n) is 13.8. The number of rotatable bonds is 7. The van der Waals surface area contributed by atoms with Gasteiger partial charge < -0.3 is 10.6 Å². The third kappa shape index (κ3) is 8.60. The smallest absolute Gasteiger partial charge is 0.191 e. The van der Waals surface area contributed by atoms with Crippen LogP contribution < -0.4 is 10.6 Å². The predicted molar refractivity (Wildman–Crippen MR) is 104 cm³/mol. The third-order valence-corrected chi connectivity index (χ3v) is 3.91. The number of thiazole rings is 1. The number of guanidine groups is 1. The summed E-state index contributed by atoms with van der Waals surface area (Å²) in [6.07, 6.45) is 2.42. The normalized spacial score (nSPS) is 11.7. The van der Waals surface area contributed by atoms with E-state index in [1.807, 2.05) is 0 Å². The van der Waals surface area contributed by atoms with Crippen LogP contribution in [0, 0.1) is 5.92 Å². The van der Waals surface area contributed by atoms with Crippen molar-refractivity contribution in [2.24, 2.45) is 10.9 Å². The summed E-state index contributed by atoms with van der Waals surface area (Å²) in [5.41, 5.74) is 1.17. The molecular weight excluding hydrogens is 395 g/mol. The molecule has 0 amide bonds. The van der Waals surface area contributed by atoms with E-state index in [9.17, 15) is 0 Å². The van der Waals surface area contributed by atoms with Crippen molar-refractivity contribution in [3.8, 4) is 0 Å². The van der Waals surface area contributed by atoms with E-state index in [1.54, 1.807) is 18.4 Å². The maximum Gasteiger partial charge on any atom is 0.191 e. The first kappa shape index (κ1) is 20.6. The van der Waals surface area contributed by atoms with Crippen LogP contribution in [-0.4, -0.2) is 24.5 Å². The first-order valence-corrected chi connectivity index (χ1v) is 8.29. The van der Waals surface area contributed by atoms with Crippen LogP contribution in [0.15, 0.2) is 10.4 Å². The Morgan fingerprint density at radius 2 is 2.00 bits per heavy atom. The van der Waals surface area contributed by atoms with Gasteiger partial charge in [-0.25, -0.2) is 4.98 Å². The van der Waals surface area contributed by atoms with E-state index in [2.05, 4.69) is 53.7 Å². The average molecular weight is 424 g/mol. The van der Waals surface area contributed by atoms with Gasteiger partial charge in [0.2, 0.25) is 0 Å². The Morgan fingerprint density at radius 1 is 1.29 bits per heavy atom. The van der Waals surface area contributed by atoms with Gasteiger partial charge in [0.15, 0.2) is 5.96 Å². The molecule has 0 unspecified atom stereocenters. The molecule has 122 valence electrons. The molecule has 0 saturated carbocycles. The molecule has 1 heterocycles. The van der Waals surface area contributed by atoms with Crippen LogP contribution in [0.25, 0.3) is 0 Å². The van der Waals surface area contributed by atoms with Crippen LogP contribution in [0.3, 0.4) is 0 Å². The number of aliphatic imine (C=N–C) groups is 1. The highest BCUT2D eigenvalue weighted by atomic mass is 127. The van der Waals surface area contributed by atoms with E-state index in [0.717, 1.165) is 30.0 Å². The van der Waals surface area contributed by atoms with Crippen molar-refractivity contribution >= 4 is 41.3 Å². The van der Waals surface area contributed by atoms with E-state index in [-0.39, 0.29) is 24.0 Å². The minimum atomic E-state index is 0. The average Bonchev–Trinajstić information content (AvgIpc) is 2.86. The molecule has 0 fully saturated rings. The zero-order valence-corrected chi connectivity index (χ0v) is 16.9. The van der Waals surface area contributed by atoms with E-state index in [1.165, 1.54) is 18.5 Å². The monoisotopic (exact) mass is 424 g/mol. The molecule has 4 nitrogen and oxygen atoms in total. The highest BCUT2D eigenvalue weighted by Gasteiger charge is 2.06. The van der Waals surface area contributed by atoms with Crippen molar-refractivity contribution in [1.82, 2.24) is 15.6 Å². The van der Waals surface area contributed by atoms with Crippen LogP contribution in [0.1, 0.15) is 57.2 Å². The lowest BCUT2D eigenvalue weighted by molar-refractivity contribution is 0.549. The van der Waals surface area contributed by atoms with Gasteiger partial charge in [0, 0.05) is 19.0 Å². The summed E-state index contributed by atoms with van der Waals surface area (Å²) in [4.78, 5) is 8.84. The molecule has 0 aromatic carbocycles. The Bertz CT molecular complexity index is 416. The molecule has 1 aromatic heterocycles. The lowest BCUT2D eigenvalue weighted by atomic mass is 10.1. The van der Waals surface area contributed by atoms with E-state index >= 15 is 0 Å². The van der Waals surface area contributed by atoms with E-state index in [4.69, 9.17) is 0 Å². The van der Waals surface area contributed by atoms with Crippen molar-refractivity contribution < 1.29 is 0 Å². The molecule has 0 aliphatic carbocycles. The minimum absolute atomic E-state index is 0. The molecule has 0 atom stereocenters. The molecule has 6 heteroatoms. The molecule has 1 aromatic rings. The van der Waals surface area contributed by atoms with Crippen molar-refractivity contribution in [3.63, 3.8) is 0 Å². The fourth-order valence-electron chi connectivity index (χ4n) is 1.77. The number of nitrogens with zero attached hydrogens (tertiary/aromatic N) is 2. The lowest BCUT2D eigenvalue weighted by Gasteiger charge is -2.11. The third-order valence-electron chi connectivity index (χ3n) is 3.04. The van der Waals surface area contributed by atoms with Gasteiger partial charge in [-0.15, -0.1) is 35.3 Å². The largest absolute Gasteiger partial charge is 0.356 e. The Kier molecular flexibility index (Phi) is 11.0. The van der Waals surface area contributed by atoms with Gasteiger partial charge in [-0.05, 0) is 24.7 Å². The second-order valence-electron chi connectivity index (χ2n) is 5.71. The summed E-state index contributed by atoms with van der Waals surface area (Å²) >= 11 is 1.71. The predicted octanol–water partition coefficient (Wildman–Crippen LogP) is 3.99. The highest BCUT2D eigenvalue weighted by molar-refractivity contribution is 14.0. The molecule has 0 radical (unpaired) electrons. The number of nitrogens with one attached hydrogen (secondary N) is 2. The van der Waals surface area contributed by atoms with Crippen molar-refractivity contribution in [3.05, 3.63) is 16.1 Å². The van der Waals surface area contributed by atoms with Gasteiger partial charge in [0.05, 0.1) is 12.2 Å². The number of halogens is 1. The SMILES string of the molecule is CN=C(NCCCC(C)C)NCc1nc(C(C)C)cs1.I. The molecule has 0 spiro atoms. The molecule has 0 saturated heterocycles. The van der Waals surface area contributed by atoms with Crippen LogP contribution in [0.2, 0.25) is 0 Å². The summed E-state index contributed by atoms with van der Waals surface area (Å²) in [7, 11) is 1.80. The standard InChI is InChI=1S/C15H28N4S.HI/c1-11(2)7-6-8-17-15(16-5)18-9-14-19-13(10-20-14)12(3)4;/h10-12H,6-9H2,1-5H3,(H2,16,17,18);1H. The summed E-state index contributed by atoms with van der Waals surface area (Å²) in [6.45, 7) is 10.5. The Labute approximate surface area is 150 Å². The fourth-order valence-corrected chi connectivity index (χ4v) is 2.66. The van der Waals surface area contributed by atoms with Crippen molar-refractivity contribution in [1.29, 1.82) is 0 Å². The van der Waals surface area contributed by atoms with Crippen LogP contribution in [0.4, 0.5) is 0 Å². The van der Waals surface area contributed by atoms with Gasteiger partial charge in [0.1, 0.15) is 5.01 Å². The maximum atomic E-state index is 4.61. The number of hydrogen-bond donors (Lipinski definition) is 2. The summed E-state index contributed by atoms with van der Waals surface area (Å²) < 4.78 is 0. The van der Waals surface area contributed by atoms with Crippen molar-refractivity contribution in [2.75, 3.05) is 13.6 Å². The molecule has 2 N–H and O–H groups in total. The molecule has 0 aliphatic rings. The first-order chi connectivity index (χ1) is 9.52. The van der Waals surface area contributed by atoms with Crippen LogP contribution in [0.5, 0.6) is 0 Å². The van der Waals surface area contributed by atoms with Gasteiger partial charge in [-0.1, -0.05) is 27.7 Å². The Balaban J connectivity index is 0.00000400. The van der Waals surface area contributed by atoms with Crippen LogP contribution in [-0.2, 0) is 6.54 Å². The number of aromatic nitrogens is 1. The Morgan fingerprint density at radius 3 is 2.52 bits per heavy atom. The zero-order chi connectivity index (χ0) is 15.0. The summed E-state index contributed by atoms with van der Waals surface area (Å²) in [6, 6.07) is 0. The van der Waals surface area contributed by atoms with E-state index in [0.29, 0.717) is 5.92 Å². The maximum absolute atomic E-state index is 4.61. The van der Waals surface area contributed by atoms with Crippen molar-refractivity contribution in [2.45, 2.75) is 53.0 Å².